The van der Waals surface area contributed by atoms with Crippen molar-refractivity contribution in [2.24, 2.45) is 11.8 Å². The molecule has 1 saturated carbocycles. The second-order valence-corrected chi connectivity index (χ2v) is 7.32. The number of amides is 1. The number of nitrogens with zero attached hydrogens (tertiary/aromatic N) is 1. The fraction of sp³-hybridized carbons (Fsp3) is 0.632. The fourth-order valence-electron chi connectivity index (χ4n) is 3.17. The summed E-state index contributed by atoms with van der Waals surface area (Å²) in [6, 6.07) is -0.561. The molecule has 1 amide bonds. The highest BCUT2D eigenvalue weighted by Crippen LogP contribution is 2.32. The molecule has 138 valence electrons. The van der Waals surface area contributed by atoms with Crippen molar-refractivity contribution in [1.82, 2.24) is 9.88 Å². The number of Topliss-reactive ketones (excluding diaryl/α,β-unsaturated/α-hetero) is 1. The lowest BCUT2D eigenvalue weighted by atomic mass is 9.98. The first kappa shape index (κ1) is 19.2. The molecule has 25 heavy (non-hydrogen) atoms. The van der Waals surface area contributed by atoms with Crippen LogP contribution < -0.4 is 0 Å². The van der Waals surface area contributed by atoms with Crippen molar-refractivity contribution in [2.75, 3.05) is 13.7 Å². The largest absolute Gasteiger partial charge is 0.464 e. The topological polar surface area (TPSA) is 79.5 Å². The molecular formula is C19H28N2O4. The van der Waals surface area contributed by atoms with Gasteiger partial charge in [0.25, 0.3) is 0 Å². The fourth-order valence-corrected chi connectivity index (χ4v) is 3.17. The van der Waals surface area contributed by atoms with Crippen molar-refractivity contribution in [2.45, 2.75) is 53.5 Å². The Morgan fingerprint density at radius 3 is 2.28 bits per heavy atom. The molecule has 1 aromatic heterocycles. The van der Waals surface area contributed by atoms with Gasteiger partial charge in [-0.25, -0.2) is 4.79 Å². The van der Waals surface area contributed by atoms with Crippen LogP contribution in [0, 0.1) is 25.7 Å². The standard InChI is InChI=1S/C19H28N2O4/c1-10(2)9-21(18(23)14-7-8-14)13(5)17(22)15-11(3)16(19(24)25-6)20-12(15)4/h10,13-14,20H,7-9H2,1-6H3/t13-/m0/s1. The number of methoxy groups -OCH3 is 1. The molecule has 1 heterocycles. The Balaban J connectivity index is 2.32. The predicted molar refractivity (Wildman–Crippen MR) is 94.7 cm³/mol. The Morgan fingerprint density at radius 1 is 1.20 bits per heavy atom. The molecule has 0 aliphatic heterocycles. The Kier molecular flexibility index (Phi) is 5.70. The van der Waals surface area contributed by atoms with Gasteiger partial charge in [0.05, 0.1) is 13.2 Å². The molecule has 2 rings (SSSR count). The number of aromatic amines is 1. The van der Waals surface area contributed by atoms with Crippen LogP contribution >= 0.6 is 0 Å². The Hall–Kier alpha value is -2.11. The SMILES string of the molecule is COC(=O)c1[nH]c(C)c(C(=O)[C@H](C)N(CC(C)C)C(=O)C2CC2)c1C. The number of carbonyl (C=O) groups excluding carboxylic acids is 3. The average molecular weight is 348 g/mol. The number of hydrogen-bond acceptors (Lipinski definition) is 4. The van der Waals surface area contributed by atoms with E-state index in [1.54, 1.807) is 25.7 Å². The molecule has 1 atom stereocenters. The van der Waals surface area contributed by atoms with Crippen molar-refractivity contribution in [3.63, 3.8) is 0 Å². The van der Waals surface area contributed by atoms with E-state index in [9.17, 15) is 14.4 Å². The number of hydrogen-bond donors (Lipinski definition) is 1. The van der Waals surface area contributed by atoms with Gasteiger partial charge in [0.2, 0.25) is 5.91 Å². The summed E-state index contributed by atoms with van der Waals surface area (Å²) in [5.41, 5.74) is 1.97. The van der Waals surface area contributed by atoms with Crippen LogP contribution in [0.1, 0.15) is 65.7 Å². The van der Waals surface area contributed by atoms with E-state index in [2.05, 4.69) is 4.98 Å². The number of aromatic nitrogens is 1. The maximum atomic E-state index is 13.1. The molecule has 0 bridgehead atoms. The van der Waals surface area contributed by atoms with Gasteiger partial charge in [0.1, 0.15) is 5.69 Å². The Bertz CT molecular complexity index is 686. The first-order chi connectivity index (χ1) is 11.7. The first-order valence-electron chi connectivity index (χ1n) is 8.81. The predicted octanol–water partition coefficient (Wildman–Crippen LogP) is 2.88. The first-order valence-corrected chi connectivity index (χ1v) is 8.81. The summed E-state index contributed by atoms with van der Waals surface area (Å²) in [7, 11) is 1.31. The van der Waals surface area contributed by atoms with Crippen LogP contribution in [0.4, 0.5) is 0 Å². The van der Waals surface area contributed by atoms with E-state index in [-0.39, 0.29) is 23.5 Å². The third kappa shape index (κ3) is 3.94. The van der Waals surface area contributed by atoms with Crippen molar-refractivity contribution in [3.05, 3.63) is 22.5 Å². The lowest BCUT2D eigenvalue weighted by molar-refractivity contribution is -0.134. The summed E-state index contributed by atoms with van der Waals surface area (Å²) in [5, 5.41) is 0. The summed E-state index contributed by atoms with van der Waals surface area (Å²) in [6.45, 7) is 9.88. The quantitative estimate of drug-likeness (QED) is 0.607. The molecule has 0 unspecified atom stereocenters. The van der Waals surface area contributed by atoms with E-state index in [0.717, 1.165) is 12.8 Å². The minimum absolute atomic E-state index is 0.0630. The van der Waals surface area contributed by atoms with E-state index >= 15 is 0 Å². The number of aryl methyl sites for hydroxylation is 1. The lowest BCUT2D eigenvalue weighted by Gasteiger charge is -2.30. The number of rotatable bonds is 7. The molecule has 1 aliphatic carbocycles. The van der Waals surface area contributed by atoms with Gasteiger partial charge in [-0.3, -0.25) is 9.59 Å². The molecule has 6 heteroatoms. The van der Waals surface area contributed by atoms with Crippen LogP contribution in [0.5, 0.6) is 0 Å². The van der Waals surface area contributed by atoms with E-state index in [4.69, 9.17) is 4.74 Å². The van der Waals surface area contributed by atoms with Crippen LogP contribution in [0.2, 0.25) is 0 Å². The Morgan fingerprint density at radius 2 is 1.80 bits per heavy atom. The van der Waals surface area contributed by atoms with Crippen molar-refractivity contribution in [3.8, 4) is 0 Å². The number of carbonyl (C=O) groups is 3. The van der Waals surface area contributed by atoms with Crippen LogP contribution in [-0.2, 0) is 9.53 Å². The zero-order valence-corrected chi connectivity index (χ0v) is 15.9. The van der Waals surface area contributed by atoms with Gasteiger partial charge in [-0.05, 0) is 45.1 Å². The molecule has 1 aliphatic rings. The normalized spacial score (nSPS) is 15.2. The minimum Gasteiger partial charge on any atom is -0.464 e. The van der Waals surface area contributed by atoms with Gasteiger partial charge in [0.15, 0.2) is 5.78 Å². The van der Waals surface area contributed by atoms with Crippen molar-refractivity contribution < 1.29 is 19.1 Å². The maximum absolute atomic E-state index is 13.1. The van der Waals surface area contributed by atoms with E-state index < -0.39 is 12.0 Å². The molecule has 1 aromatic rings. The molecule has 0 spiro atoms. The number of H-pyrrole nitrogens is 1. The summed E-state index contributed by atoms with van der Waals surface area (Å²) >= 11 is 0. The summed E-state index contributed by atoms with van der Waals surface area (Å²) in [4.78, 5) is 42.3. The van der Waals surface area contributed by atoms with Crippen LogP contribution in [-0.4, -0.2) is 47.2 Å². The summed E-state index contributed by atoms with van der Waals surface area (Å²) < 4.78 is 4.76. The highest BCUT2D eigenvalue weighted by atomic mass is 16.5. The Labute approximate surface area is 148 Å². The molecule has 0 aromatic carbocycles. The van der Waals surface area contributed by atoms with Gasteiger partial charge in [0, 0.05) is 23.7 Å². The minimum atomic E-state index is -0.561. The third-order valence-electron chi connectivity index (χ3n) is 4.69. The second kappa shape index (κ2) is 7.42. The second-order valence-electron chi connectivity index (χ2n) is 7.32. The van der Waals surface area contributed by atoms with E-state index in [1.807, 2.05) is 13.8 Å². The van der Waals surface area contributed by atoms with Gasteiger partial charge in [-0.2, -0.15) is 0 Å². The number of esters is 1. The number of ether oxygens (including phenoxy) is 1. The van der Waals surface area contributed by atoms with Gasteiger partial charge < -0.3 is 14.6 Å². The lowest BCUT2D eigenvalue weighted by Crippen LogP contribution is -2.46. The molecule has 0 saturated heterocycles. The highest BCUT2D eigenvalue weighted by Gasteiger charge is 2.38. The molecular weight excluding hydrogens is 320 g/mol. The van der Waals surface area contributed by atoms with Crippen molar-refractivity contribution in [1.29, 1.82) is 0 Å². The van der Waals surface area contributed by atoms with Crippen LogP contribution in [0.25, 0.3) is 0 Å². The smallest absolute Gasteiger partial charge is 0.354 e. The molecule has 0 radical (unpaired) electrons. The molecule has 1 fully saturated rings. The zero-order chi connectivity index (χ0) is 18.9. The van der Waals surface area contributed by atoms with Crippen LogP contribution in [0.3, 0.4) is 0 Å². The molecule has 1 N–H and O–H groups in total. The summed E-state index contributed by atoms with van der Waals surface area (Å²) in [6.07, 6.45) is 1.81. The maximum Gasteiger partial charge on any atom is 0.354 e. The molecule has 6 nitrogen and oxygen atoms in total. The van der Waals surface area contributed by atoms with Crippen molar-refractivity contribution >= 4 is 17.7 Å². The van der Waals surface area contributed by atoms with E-state index in [1.165, 1.54) is 7.11 Å². The number of nitrogens with one attached hydrogen (secondary N) is 1. The van der Waals surface area contributed by atoms with Gasteiger partial charge in [-0.15, -0.1) is 0 Å². The third-order valence-corrected chi connectivity index (χ3v) is 4.69. The van der Waals surface area contributed by atoms with Gasteiger partial charge in [-0.1, -0.05) is 13.8 Å². The van der Waals surface area contributed by atoms with E-state index in [0.29, 0.717) is 29.1 Å². The van der Waals surface area contributed by atoms with Gasteiger partial charge >= 0.3 is 5.97 Å². The highest BCUT2D eigenvalue weighted by molar-refractivity contribution is 6.06. The average Bonchev–Trinajstić information content (AvgIpc) is 3.36. The van der Waals surface area contributed by atoms with Crippen LogP contribution in [0.15, 0.2) is 0 Å². The monoisotopic (exact) mass is 348 g/mol. The summed E-state index contributed by atoms with van der Waals surface area (Å²) in [5.74, 6) is -0.241. The number of ketones is 1. The zero-order valence-electron chi connectivity index (χ0n) is 15.9.